The van der Waals surface area contributed by atoms with Crippen LogP contribution in [0.1, 0.15) is 56.7 Å². The van der Waals surface area contributed by atoms with Crippen molar-refractivity contribution in [2.45, 2.75) is 52.0 Å². The van der Waals surface area contributed by atoms with Crippen LogP contribution in [0, 0.1) is 5.92 Å². The molecule has 114 valence electrons. The molecule has 1 aromatic rings. The van der Waals surface area contributed by atoms with E-state index in [0.29, 0.717) is 6.04 Å². The number of hydrogen-bond acceptors (Lipinski definition) is 2. The molecule has 0 saturated carbocycles. The van der Waals surface area contributed by atoms with Crippen molar-refractivity contribution >= 4 is 0 Å². The van der Waals surface area contributed by atoms with E-state index in [1.165, 1.54) is 36.8 Å². The van der Waals surface area contributed by atoms with Gasteiger partial charge in [-0.15, -0.1) is 0 Å². The Hall–Kier alpha value is -0.860. The summed E-state index contributed by atoms with van der Waals surface area (Å²) in [6, 6.07) is 9.51. The smallest absolute Gasteiger partial charge is 0.0502 e. The van der Waals surface area contributed by atoms with Crippen molar-refractivity contribution in [1.82, 2.24) is 5.32 Å². The number of benzene rings is 1. The van der Waals surface area contributed by atoms with Crippen LogP contribution < -0.4 is 5.32 Å². The van der Waals surface area contributed by atoms with Crippen LogP contribution in [-0.4, -0.2) is 20.8 Å². The van der Waals surface area contributed by atoms with Gasteiger partial charge in [0.2, 0.25) is 0 Å². The maximum atomic E-state index is 5.13. The fraction of sp³-hybridized carbons (Fsp3) is 0.667. The minimum Gasteiger partial charge on any atom is -0.384 e. The number of unbranched alkanes of at least 4 members (excludes halogenated alkanes) is 1. The molecule has 0 aliphatic carbocycles. The first-order chi connectivity index (χ1) is 9.76. The summed E-state index contributed by atoms with van der Waals surface area (Å²) < 4.78 is 5.13. The molecule has 0 bridgehead atoms. The Morgan fingerprint density at radius 2 is 1.85 bits per heavy atom. The highest BCUT2D eigenvalue weighted by Crippen LogP contribution is 2.29. The van der Waals surface area contributed by atoms with Crippen molar-refractivity contribution in [2.75, 3.05) is 20.8 Å². The van der Waals surface area contributed by atoms with Gasteiger partial charge in [0.25, 0.3) is 0 Å². The zero-order chi connectivity index (χ0) is 14.8. The van der Waals surface area contributed by atoms with Crippen LogP contribution in [0.15, 0.2) is 24.3 Å². The van der Waals surface area contributed by atoms with Crippen LogP contribution in [0.3, 0.4) is 0 Å². The monoisotopic (exact) mass is 277 g/mol. The predicted octanol–water partition coefficient (Wildman–Crippen LogP) is 4.35. The fourth-order valence-electron chi connectivity index (χ4n) is 2.86. The fourth-order valence-corrected chi connectivity index (χ4v) is 2.86. The molecule has 20 heavy (non-hydrogen) atoms. The molecule has 2 atom stereocenters. The van der Waals surface area contributed by atoms with Gasteiger partial charge in [-0.25, -0.2) is 0 Å². The van der Waals surface area contributed by atoms with Crippen molar-refractivity contribution in [3.05, 3.63) is 35.4 Å². The molecule has 0 radical (unpaired) electrons. The van der Waals surface area contributed by atoms with Gasteiger partial charge in [0.05, 0.1) is 6.61 Å². The zero-order valence-electron chi connectivity index (χ0n) is 13.6. The van der Waals surface area contributed by atoms with E-state index in [4.69, 9.17) is 4.74 Å². The minimum absolute atomic E-state index is 0.475. The number of ether oxygens (including phenoxy) is 1. The average molecular weight is 277 g/mol. The molecule has 0 aliphatic heterocycles. The second-order valence-corrected chi connectivity index (χ2v) is 5.56. The van der Waals surface area contributed by atoms with E-state index in [9.17, 15) is 0 Å². The van der Waals surface area contributed by atoms with Crippen molar-refractivity contribution in [3.8, 4) is 0 Å². The number of nitrogens with one attached hydrogen (secondary N) is 1. The molecular weight excluding hydrogens is 246 g/mol. The van der Waals surface area contributed by atoms with Gasteiger partial charge in [-0.05, 0) is 36.9 Å². The maximum Gasteiger partial charge on any atom is 0.0502 e. The SMILES string of the molecule is CCCCC(CC)C(NC)c1ccc(CCOC)cc1. The third-order valence-corrected chi connectivity index (χ3v) is 4.17. The highest BCUT2D eigenvalue weighted by Gasteiger charge is 2.19. The van der Waals surface area contributed by atoms with Gasteiger partial charge in [0.15, 0.2) is 0 Å². The largest absolute Gasteiger partial charge is 0.384 e. The molecule has 0 heterocycles. The summed E-state index contributed by atoms with van der Waals surface area (Å²) in [5.41, 5.74) is 2.77. The Morgan fingerprint density at radius 3 is 2.35 bits per heavy atom. The molecule has 0 aliphatic rings. The Balaban J connectivity index is 2.72. The maximum absolute atomic E-state index is 5.13. The van der Waals surface area contributed by atoms with E-state index in [1.807, 2.05) is 0 Å². The van der Waals surface area contributed by atoms with Crippen LogP contribution >= 0.6 is 0 Å². The van der Waals surface area contributed by atoms with Crippen LogP contribution in [0.25, 0.3) is 0 Å². The summed E-state index contributed by atoms with van der Waals surface area (Å²) in [5, 5.41) is 3.52. The molecule has 0 spiro atoms. The van der Waals surface area contributed by atoms with Crippen molar-refractivity contribution in [1.29, 1.82) is 0 Å². The lowest BCUT2D eigenvalue weighted by molar-refractivity contribution is 0.202. The van der Waals surface area contributed by atoms with Crippen LogP contribution in [0.2, 0.25) is 0 Å². The normalized spacial score (nSPS) is 14.2. The van der Waals surface area contributed by atoms with Crippen molar-refractivity contribution in [2.24, 2.45) is 5.92 Å². The molecule has 0 fully saturated rings. The molecule has 2 heteroatoms. The van der Waals surface area contributed by atoms with Gasteiger partial charge in [-0.1, -0.05) is 57.4 Å². The quantitative estimate of drug-likeness (QED) is 0.686. The average Bonchev–Trinajstić information content (AvgIpc) is 2.50. The first-order valence-electron chi connectivity index (χ1n) is 8.01. The van der Waals surface area contributed by atoms with E-state index in [1.54, 1.807) is 7.11 Å². The minimum atomic E-state index is 0.475. The van der Waals surface area contributed by atoms with Crippen LogP contribution in [0.5, 0.6) is 0 Å². The summed E-state index contributed by atoms with van der Waals surface area (Å²) in [6.07, 6.45) is 6.14. The second kappa shape index (κ2) is 9.95. The van der Waals surface area contributed by atoms with Crippen LogP contribution in [0.4, 0.5) is 0 Å². The van der Waals surface area contributed by atoms with Gasteiger partial charge in [0.1, 0.15) is 0 Å². The third kappa shape index (κ3) is 5.26. The lowest BCUT2D eigenvalue weighted by Crippen LogP contribution is -2.25. The van der Waals surface area contributed by atoms with E-state index < -0.39 is 0 Å². The number of hydrogen-bond donors (Lipinski definition) is 1. The van der Waals surface area contributed by atoms with Gasteiger partial charge in [0, 0.05) is 13.2 Å². The predicted molar refractivity (Wildman–Crippen MR) is 87.1 cm³/mol. The van der Waals surface area contributed by atoms with Gasteiger partial charge in [-0.3, -0.25) is 0 Å². The molecule has 0 amide bonds. The topological polar surface area (TPSA) is 21.3 Å². The number of methoxy groups -OCH3 is 1. The van der Waals surface area contributed by atoms with E-state index in [0.717, 1.165) is 18.9 Å². The van der Waals surface area contributed by atoms with E-state index >= 15 is 0 Å². The summed E-state index contributed by atoms with van der Waals surface area (Å²) in [6.45, 7) is 5.37. The van der Waals surface area contributed by atoms with Gasteiger partial charge in [-0.2, -0.15) is 0 Å². The standard InChI is InChI=1S/C18H31NO/c1-5-7-8-16(6-2)18(19-3)17-11-9-15(10-12-17)13-14-20-4/h9-12,16,18-19H,5-8,13-14H2,1-4H3. The van der Waals surface area contributed by atoms with Gasteiger partial charge >= 0.3 is 0 Å². The van der Waals surface area contributed by atoms with E-state index in [-0.39, 0.29) is 0 Å². The van der Waals surface area contributed by atoms with Crippen molar-refractivity contribution in [3.63, 3.8) is 0 Å². The van der Waals surface area contributed by atoms with Gasteiger partial charge < -0.3 is 10.1 Å². The Kier molecular flexibility index (Phi) is 8.56. The summed E-state index contributed by atoms with van der Waals surface area (Å²) in [4.78, 5) is 0. The van der Waals surface area contributed by atoms with E-state index in [2.05, 4.69) is 50.5 Å². The Morgan fingerprint density at radius 1 is 1.15 bits per heavy atom. The molecule has 0 aromatic heterocycles. The first-order valence-corrected chi connectivity index (χ1v) is 8.01. The third-order valence-electron chi connectivity index (χ3n) is 4.17. The van der Waals surface area contributed by atoms with Crippen LogP contribution in [-0.2, 0) is 11.2 Å². The summed E-state index contributed by atoms with van der Waals surface area (Å²) in [5.74, 6) is 0.727. The summed E-state index contributed by atoms with van der Waals surface area (Å²) in [7, 11) is 3.84. The molecule has 1 N–H and O–H groups in total. The zero-order valence-corrected chi connectivity index (χ0v) is 13.6. The Labute approximate surface area is 124 Å². The highest BCUT2D eigenvalue weighted by atomic mass is 16.5. The molecule has 2 unspecified atom stereocenters. The molecule has 2 nitrogen and oxygen atoms in total. The Bertz CT molecular complexity index is 347. The second-order valence-electron chi connectivity index (χ2n) is 5.56. The number of rotatable bonds is 10. The lowest BCUT2D eigenvalue weighted by Gasteiger charge is -2.26. The molecule has 0 saturated heterocycles. The first kappa shape index (κ1) is 17.2. The lowest BCUT2D eigenvalue weighted by atomic mass is 9.86. The van der Waals surface area contributed by atoms with Crippen molar-refractivity contribution < 1.29 is 4.74 Å². The molecule has 1 rings (SSSR count). The molecule has 1 aromatic carbocycles. The highest BCUT2D eigenvalue weighted by molar-refractivity contribution is 5.25. The molecular formula is C18H31NO. The summed E-state index contributed by atoms with van der Waals surface area (Å²) >= 11 is 0.